The highest BCUT2D eigenvalue weighted by Gasteiger charge is 2.37. The lowest BCUT2D eigenvalue weighted by Crippen LogP contribution is -2.38. The Morgan fingerprint density at radius 2 is 1.93 bits per heavy atom. The maximum atomic E-state index is 11.3. The molecule has 1 atom stereocenters. The first kappa shape index (κ1) is 20.4. The van der Waals surface area contributed by atoms with Crippen molar-refractivity contribution in [2.45, 2.75) is 70.5 Å². The normalized spacial score (nSPS) is 23.7. The zero-order chi connectivity index (χ0) is 19.3. The van der Waals surface area contributed by atoms with E-state index in [1.54, 1.807) is 0 Å². The number of aliphatic hydroxyl groups excluding tert-OH is 1. The summed E-state index contributed by atoms with van der Waals surface area (Å²) in [6.07, 6.45) is 9.23. The highest BCUT2D eigenvalue weighted by molar-refractivity contribution is 6.28. The third kappa shape index (κ3) is 4.73. The number of aliphatic hydroxyl groups is 2. The Morgan fingerprint density at radius 1 is 1.19 bits per heavy atom. The molecule has 0 amide bonds. The highest BCUT2D eigenvalue weighted by atomic mass is 35.5. The first-order valence-corrected chi connectivity index (χ1v) is 10.4. The molecule has 1 aromatic rings. The average molecular weight is 396 g/mol. The van der Waals surface area contributed by atoms with E-state index in [0.717, 1.165) is 38.8 Å². The molecule has 6 nitrogen and oxygen atoms in total. The lowest BCUT2D eigenvalue weighted by atomic mass is 9.84. The van der Waals surface area contributed by atoms with Crippen LogP contribution >= 0.6 is 11.6 Å². The fourth-order valence-corrected chi connectivity index (χ4v) is 4.26. The molecule has 0 radical (unpaired) electrons. The van der Waals surface area contributed by atoms with Crippen molar-refractivity contribution in [1.29, 1.82) is 0 Å². The number of allylic oxidation sites excluding steroid dienone is 1. The molecule has 1 unspecified atom stereocenters. The van der Waals surface area contributed by atoms with Gasteiger partial charge in [0.25, 0.3) is 0 Å². The third-order valence-electron chi connectivity index (χ3n) is 5.45. The van der Waals surface area contributed by atoms with Crippen LogP contribution < -0.4 is 4.90 Å². The highest BCUT2D eigenvalue weighted by Crippen LogP contribution is 2.35. The summed E-state index contributed by atoms with van der Waals surface area (Å²) in [5, 5.41) is 21.5. The van der Waals surface area contributed by atoms with Gasteiger partial charge in [-0.15, -0.1) is 0 Å². The molecule has 1 aromatic heterocycles. The summed E-state index contributed by atoms with van der Waals surface area (Å²) in [7, 11) is 0. The zero-order valence-corrected chi connectivity index (χ0v) is 16.8. The number of halogens is 1. The fourth-order valence-electron chi connectivity index (χ4n) is 4.08. The zero-order valence-electron chi connectivity index (χ0n) is 16.1. The number of ether oxygens (including phenoxy) is 1. The molecule has 0 spiro atoms. The summed E-state index contributed by atoms with van der Waals surface area (Å²) in [6.45, 7) is 4.03. The molecule has 0 bridgehead atoms. The van der Waals surface area contributed by atoms with E-state index in [4.69, 9.17) is 16.3 Å². The molecular weight excluding hydrogens is 366 g/mol. The summed E-state index contributed by atoms with van der Waals surface area (Å²) in [5.41, 5.74) is 0.147. The van der Waals surface area contributed by atoms with Crippen LogP contribution in [0.5, 0.6) is 0 Å². The van der Waals surface area contributed by atoms with Crippen LogP contribution in [0.1, 0.15) is 63.1 Å². The summed E-state index contributed by atoms with van der Waals surface area (Å²) in [4.78, 5) is 11.0. The van der Waals surface area contributed by atoms with Gasteiger partial charge in [-0.3, -0.25) is 0 Å². The van der Waals surface area contributed by atoms with E-state index >= 15 is 0 Å². The van der Waals surface area contributed by atoms with Crippen LogP contribution in [-0.4, -0.2) is 45.5 Å². The van der Waals surface area contributed by atoms with Crippen LogP contribution in [0.15, 0.2) is 11.8 Å². The third-order valence-corrected chi connectivity index (χ3v) is 5.62. The molecule has 0 saturated carbocycles. The average Bonchev–Trinajstić information content (AvgIpc) is 2.93. The van der Waals surface area contributed by atoms with Crippen molar-refractivity contribution in [1.82, 2.24) is 9.97 Å². The van der Waals surface area contributed by atoms with Crippen molar-refractivity contribution in [3.8, 4) is 0 Å². The van der Waals surface area contributed by atoms with Crippen LogP contribution in [0.4, 0.5) is 5.82 Å². The van der Waals surface area contributed by atoms with Crippen molar-refractivity contribution in [3.63, 3.8) is 0 Å². The quantitative estimate of drug-likeness (QED) is 0.719. The molecule has 2 N–H and O–H groups in total. The second kappa shape index (κ2) is 9.22. The van der Waals surface area contributed by atoms with Crippen molar-refractivity contribution in [2.75, 3.05) is 24.6 Å². The topological polar surface area (TPSA) is 78.7 Å². The van der Waals surface area contributed by atoms with Gasteiger partial charge in [0.05, 0.1) is 18.9 Å². The van der Waals surface area contributed by atoms with Gasteiger partial charge in [-0.25, -0.2) is 9.97 Å². The first-order valence-electron chi connectivity index (χ1n) is 10.0. The van der Waals surface area contributed by atoms with E-state index in [1.807, 2.05) is 13.0 Å². The Hall–Kier alpha value is -1.37. The Labute approximate surface area is 166 Å². The number of anilines is 1. The molecule has 2 heterocycles. The van der Waals surface area contributed by atoms with E-state index in [2.05, 4.69) is 14.9 Å². The minimum atomic E-state index is -1.12. The number of nitrogens with zero attached hydrogens (tertiary/aromatic N) is 3. The van der Waals surface area contributed by atoms with Crippen LogP contribution in [0, 0.1) is 0 Å². The lowest BCUT2D eigenvalue weighted by molar-refractivity contribution is -0.00260. The molecular formula is C20H30ClN3O3. The van der Waals surface area contributed by atoms with Crippen molar-refractivity contribution in [2.24, 2.45) is 0 Å². The van der Waals surface area contributed by atoms with Gasteiger partial charge in [-0.2, -0.15) is 0 Å². The predicted molar refractivity (Wildman–Crippen MR) is 106 cm³/mol. The van der Waals surface area contributed by atoms with Gasteiger partial charge in [0.1, 0.15) is 17.2 Å². The van der Waals surface area contributed by atoms with Crippen molar-refractivity contribution >= 4 is 17.4 Å². The van der Waals surface area contributed by atoms with Gasteiger partial charge in [0.15, 0.2) is 0 Å². The molecule has 1 aliphatic carbocycles. The van der Waals surface area contributed by atoms with Gasteiger partial charge < -0.3 is 19.8 Å². The maximum absolute atomic E-state index is 11.3. The molecule has 150 valence electrons. The number of hydrogen-bond donors (Lipinski definition) is 2. The Kier molecular flexibility index (Phi) is 6.95. The number of aromatic nitrogens is 2. The fraction of sp³-hybridized carbons (Fsp3) is 0.700. The summed E-state index contributed by atoms with van der Waals surface area (Å²) >= 11 is 6.24. The second-order valence-corrected chi connectivity index (χ2v) is 7.74. The summed E-state index contributed by atoms with van der Waals surface area (Å²) in [5.74, 6) is 1.31. The molecule has 27 heavy (non-hydrogen) atoms. The van der Waals surface area contributed by atoms with E-state index in [-0.39, 0.29) is 18.3 Å². The molecule has 2 aliphatic rings. The van der Waals surface area contributed by atoms with Gasteiger partial charge in [0.2, 0.25) is 5.28 Å². The first-order chi connectivity index (χ1) is 13.1. The van der Waals surface area contributed by atoms with E-state index in [9.17, 15) is 10.2 Å². The largest absolute Gasteiger partial charge is 0.495 e. The number of hydrogen-bond acceptors (Lipinski definition) is 6. The Balaban J connectivity index is 1.95. The Bertz CT molecular complexity index is 675. The number of rotatable bonds is 6. The van der Waals surface area contributed by atoms with Crippen LogP contribution in [0.3, 0.4) is 0 Å². The second-order valence-electron chi connectivity index (χ2n) is 7.40. The molecule has 7 heteroatoms. The predicted octanol–water partition coefficient (Wildman–Crippen LogP) is 3.38. The molecule has 0 aromatic carbocycles. The molecule has 3 rings (SSSR count). The molecule has 1 saturated heterocycles. The van der Waals surface area contributed by atoms with Crippen LogP contribution in [0.2, 0.25) is 5.28 Å². The van der Waals surface area contributed by atoms with Gasteiger partial charge in [0, 0.05) is 25.1 Å². The van der Waals surface area contributed by atoms with Gasteiger partial charge >= 0.3 is 0 Å². The van der Waals surface area contributed by atoms with E-state index < -0.39 is 5.60 Å². The van der Waals surface area contributed by atoms with Gasteiger partial charge in [-0.1, -0.05) is 12.8 Å². The maximum Gasteiger partial charge on any atom is 0.224 e. The van der Waals surface area contributed by atoms with Crippen LogP contribution in [-0.2, 0) is 17.8 Å². The summed E-state index contributed by atoms with van der Waals surface area (Å²) < 4.78 is 5.70. The van der Waals surface area contributed by atoms with Crippen molar-refractivity contribution in [3.05, 3.63) is 28.4 Å². The van der Waals surface area contributed by atoms with Gasteiger partial charge in [-0.05, 0) is 56.7 Å². The minimum Gasteiger partial charge on any atom is -0.495 e. The smallest absolute Gasteiger partial charge is 0.224 e. The minimum absolute atomic E-state index is 0.155. The molecule has 1 aliphatic heterocycles. The van der Waals surface area contributed by atoms with E-state index in [1.165, 1.54) is 12.8 Å². The monoisotopic (exact) mass is 395 g/mol. The van der Waals surface area contributed by atoms with Crippen molar-refractivity contribution < 1.29 is 14.9 Å². The molecule has 1 fully saturated rings. The Morgan fingerprint density at radius 3 is 2.59 bits per heavy atom. The lowest BCUT2D eigenvalue weighted by Gasteiger charge is -2.34. The van der Waals surface area contributed by atoms with Crippen LogP contribution in [0.25, 0.3) is 0 Å². The standard InChI is InChI=1S/C20H30ClN3O3/c1-2-27-17-9-5-6-10-20(17,26)13-16-15(14-25)18(23-19(21)22-16)24-11-7-3-4-8-12-24/h9,25-26H,2-8,10-14H2,1H3. The van der Waals surface area contributed by atoms with E-state index in [0.29, 0.717) is 35.9 Å². The SMILES string of the molecule is CCOC1=CCCCC1(O)Cc1nc(Cl)nc(N2CCCCCC2)c1CO. The summed E-state index contributed by atoms with van der Waals surface area (Å²) in [6, 6.07) is 0.